The predicted molar refractivity (Wildman–Crippen MR) is 113 cm³/mol. The van der Waals surface area contributed by atoms with E-state index in [2.05, 4.69) is 16.0 Å². The molecule has 7 nitrogen and oxygen atoms in total. The molecule has 4 amide bonds. The molecule has 0 spiro atoms. The minimum Gasteiger partial charge on any atom is -0.338 e. The molecule has 1 aliphatic carbocycles. The van der Waals surface area contributed by atoms with Gasteiger partial charge in [0.15, 0.2) is 0 Å². The van der Waals surface area contributed by atoms with Crippen molar-refractivity contribution in [2.45, 2.75) is 31.7 Å². The van der Waals surface area contributed by atoms with Gasteiger partial charge < -0.3 is 20.9 Å². The molecule has 1 aromatic heterocycles. The smallest absolute Gasteiger partial charge is 0.319 e. The van der Waals surface area contributed by atoms with Crippen LogP contribution in [0.15, 0.2) is 36.4 Å². The van der Waals surface area contributed by atoms with Crippen LogP contribution in [0.1, 0.15) is 35.4 Å². The molecule has 0 bridgehead atoms. The summed E-state index contributed by atoms with van der Waals surface area (Å²) in [7, 11) is 0. The summed E-state index contributed by atoms with van der Waals surface area (Å²) in [6.07, 6.45) is 3.18. The first kappa shape index (κ1) is 20.3. The summed E-state index contributed by atoms with van der Waals surface area (Å²) >= 11 is 1.29. The van der Waals surface area contributed by atoms with Gasteiger partial charge in [0.1, 0.15) is 5.82 Å². The van der Waals surface area contributed by atoms with E-state index in [0.29, 0.717) is 41.5 Å². The fourth-order valence-corrected chi connectivity index (χ4v) is 4.23. The molecule has 2 aromatic rings. The topological polar surface area (TPSA) is 90.5 Å². The second-order valence-electron chi connectivity index (χ2n) is 7.60. The van der Waals surface area contributed by atoms with Gasteiger partial charge in [0.05, 0.1) is 9.88 Å². The molecule has 1 aromatic carbocycles. The van der Waals surface area contributed by atoms with Crippen LogP contribution in [0.5, 0.6) is 0 Å². The first-order valence-electron chi connectivity index (χ1n) is 10.0. The summed E-state index contributed by atoms with van der Waals surface area (Å²) in [5, 5.41) is 9.14. The summed E-state index contributed by atoms with van der Waals surface area (Å²) in [4.78, 5) is 39.1. The van der Waals surface area contributed by atoms with E-state index < -0.39 is 0 Å². The van der Waals surface area contributed by atoms with E-state index in [1.54, 1.807) is 17.0 Å². The Kier molecular flexibility index (Phi) is 5.98. The van der Waals surface area contributed by atoms with Crippen LogP contribution in [0, 0.1) is 11.7 Å². The summed E-state index contributed by atoms with van der Waals surface area (Å²) in [5.74, 6) is -0.262. The first-order valence-corrected chi connectivity index (χ1v) is 10.8. The van der Waals surface area contributed by atoms with Gasteiger partial charge in [0.2, 0.25) is 5.91 Å². The second kappa shape index (κ2) is 8.83. The van der Waals surface area contributed by atoms with Crippen molar-refractivity contribution >= 4 is 39.9 Å². The van der Waals surface area contributed by atoms with Crippen molar-refractivity contribution in [3.05, 3.63) is 47.1 Å². The number of halogens is 1. The first-order chi connectivity index (χ1) is 14.5. The number of urea groups is 1. The second-order valence-corrected chi connectivity index (χ2v) is 8.68. The molecule has 9 heteroatoms. The molecule has 1 saturated carbocycles. The van der Waals surface area contributed by atoms with Crippen molar-refractivity contribution in [2.24, 2.45) is 5.92 Å². The van der Waals surface area contributed by atoms with E-state index in [4.69, 9.17) is 0 Å². The van der Waals surface area contributed by atoms with Crippen LogP contribution < -0.4 is 16.0 Å². The average Bonchev–Trinajstić information content (AvgIpc) is 3.49. The van der Waals surface area contributed by atoms with Crippen molar-refractivity contribution in [1.29, 1.82) is 0 Å². The van der Waals surface area contributed by atoms with Gasteiger partial charge >= 0.3 is 6.03 Å². The van der Waals surface area contributed by atoms with Crippen molar-refractivity contribution in [2.75, 3.05) is 23.7 Å². The highest BCUT2D eigenvalue weighted by atomic mass is 32.1. The van der Waals surface area contributed by atoms with Gasteiger partial charge in [-0.2, -0.15) is 0 Å². The quantitative estimate of drug-likeness (QED) is 0.676. The molecular formula is C21H23FN4O3S. The van der Waals surface area contributed by atoms with Gasteiger partial charge in [0.25, 0.3) is 5.91 Å². The van der Waals surface area contributed by atoms with E-state index >= 15 is 0 Å². The Balaban J connectivity index is 1.23. The minimum absolute atomic E-state index is 0.0293. The molecule has 1 saturated heterocycles. The van der Waals surface area contributed by atoms with Crippen LogP contribution in [0.3, 0.4) is 0 Å². The van der Waals surface area contributed by atoms with Crippen LogP contribution >= 0.6 is 11.3 Å². The van der Waals surface area contributed by atoms with E-state index in [9.17, 15) is 18.8 Å². The van der Waals surface area contributed by atoms with Gasteiger partial charge in [-0.05, 0) is 62.1 Å². The molecule has 1 aliphatic heterocycles. The Morgan fingerprint density at radius 1 is 0.933 bits per heavy atom. The van der Waals surface area contributed by atoms with Gasteiger partial charge in [0, 0.05) is 30.7 Å². The number of nitrogens with zero attached hydrogens (tertiary/aromatic N) is 1. The van der Waals surface area contributed by atoms with Gasteiger partial charge in [-0.3, -0.25) is 9.59 Å². The van der Waals surface area contributed by atoms with Crippen LogP contribution in [0.4, 0.5) is 19.9 Å². The lowest BCUT2D eigenvalue weighted by atomic mass is 10.1. The summed E-state index contributed by atoms with van der Waals surface area (Å²) in [6.45, 7) is 1.09. The predicted octanol–water partition coefficient (Wildman–Crippen LogP) is 3.66. The number of thiophene rings is 1. The van der Waals surface area contributed by atoms with E-state index in [0.717, 1.165) is 12.8 Å². The molecule has 30 heavy (non-hydrogen) atoms. The lowest BCUT2D eigenvalue weighted by Crippen LogP contribution is -2.47. The van der Waals surface area contributed by atoms with Crippen LogP contribution in [-0.2, 0) is 4.79 Å². The number of hydrogen-bond donors (Lipinski definition) is 3. The molecule has 3 N–H and O–H groups in total. The number of likely N-dealkylation sites (tertiary alicyclic amines) is 1. The highest BCUT2D eigenvalue weighted by molar-refractivity contribution is 7.18. The Bertz CT molecular complexity index is 934. The van der Waals surface area contributed by atoms with Gasteiger partial charge in [-0.25, -0.2) is 9.18 Å². The molecule has 0 radical (unpaired) electrons. The molecule has 2 fully saturated rings. The fourth-order valence-electron chi connectivity index (χ4n) is 3.36. The van der Waals surface area contributed by atoms with Crippen molar-refractivity contribution < 1.29 is 18.8 Å². The Morgan fingerprint density at radius 3 is 2.30 bits per heavy atom. The van der Waals surface area contributed by atoms with E-state index in [1.165, 1.54) is 35.6 Å². The molecule has 158 valence electrons. The zero-order chi connectivity index (χ0) is 21.1. The molecule has 2 heterocycles. The highest BCUT2D eigenvalue weighted by Gasteiger charge is 2.30. The summed E-state index contributed by atoms with van der Waals surface area (Å²) < 4.78 is 12.9. The van der Waals surface area contributed by atoms with Gasteiger partial charge in [-0.1, -0.05) is 0 Å². The highest BCUT2D eigenvalue weighted by Crippen LogP contribution is 2.32. The maximum atomic E-state index is 12.9. The van der Waals surface area contributed by atoms with Crippen molar-refractivity contribution in [3.63, 3.8) is 0 Å². The number of rotatable bonds is 5. The molecule has 0 atom stereocenters. The minimum atomic E-state index is -0.360. The molecule has 2 aliphatic rings. The third-order valence-corrected chi connectivity index (χ3v) is 6.22. The number of piperidine rings is 1. The fraction of sp³-hybridized carbons (Fsp3) is 0.381. The lowest BCUT2D eigenvalue weighted by molar-refractivity contribution is -0.117. The monoisotopic (exact) mass is 430 g/mol. The maximum absolute atomic E-state index is 12.9. The normalized spacial score (nSPS) is 16.8. The molecule has 0 unspecified atom stereocenters. The Labute approximate surface area is 177 Å². The van der Waals surface area contributed by atoms with Crippen molar-refractivity contribution in [3.8, 4) is 0 Å². The number of benzene rings is 1. The lowest BCUT2D eigenvalue weighted by Gasteiger charge is -2.32. The number of anilines is 2. The maximum Gasteiger partial charge on any atom is 0.319 e. The largest absolute Gasteiger partial charge is 0.338 e. The average molecular weight is 431 g/mol. The zero-order valence-corrected chi connectivity index (χ0v) is 17.1. The molecular weight excluding hydrogens is 407 g/mol. The third kappa shape index (κ3) is 5.15. The van der Waals surface area contributed by atoms with E-state index in [1.807, 2.05) is 0 Å². The number of carbonyl (C=O) groups is 3. The Hall–Kier alpha value is -2.94. The number of amides is 4. The van der Waals surface area contributed by atoms with E-state index in [-0.39, 0.29) is 35.6 Å². The Morgan fingerprint density at radius 2 is 1.63 bits per heavy atom. The molecule has 4 rings (SSSR count). The standard InChI is InChI=1S/C21H23FN4O3S/c22-14-3-5-15(6-4-14)23-21(29)24-16-9-11-26(12-10-16)20(28)17-7-8-18(30-17)25-19(27)13-1-2-13/h3-8,13,16H,1-2,9-12H2,(H,25,27)(H2,23,24,29). The number of hydrogen-bond acceptors (Lipinski definition) is 4. The summed E-state index contributed by atoms with van der Waals surface area (Å²) in [5.41, 5.74) is 0.517. The number of nitrogens with one attached hydrogen (secondary N) is 3. The van der Waals surface area contributed by atoms with Gasteiger partial charge in [-0.15, -0.1) is 11.3 Å². The zero-order valence-electron chi connectivity index (χ0n) is 16.3. The van der Waals surface area contributed by atoms with Crippen LogP contribution in [0.2, 0.25) is 0 Å². The third-order valence-electron chi connectivity index (χ3n) is 5.23. The van der Waals surface area contributed by atoms with Crippen LogP contribution in [0.25, 0.3) is 0 Å². The van der Waals surface area contributed by atoms with Crippen molar-refractivity contribution in [1.82, 2.24) is 10.2 Å². The SMILES string of the molecule is O=C(Nc1ccc(F)cc1)NC1CCN(C(=O)c2ccc(NC(=O)C3CC3)s2)CC1. The van der Waals surface area contributed by atoms with Crippen LogP contribution in [-0.4, -0.2) is 41.9 Å². The number of carbonyl (C=O) groups excluding carboxylic acids is 3. The summed E-state index contributed by atoms with van der Waals surface area (Å²) in [6, 6.07) is 8.70.